The molecule has 40 heavy (non-hydrogen) atoms. The highest BCUT2D eigenvalue weighted by atomic mass is 16.3. The summed E-state index contributed by atoms with van der Waals surface area (Å²) in [6.45, 7) is 3.98. The van der Waals surface area contributed by atoms with E-state index in [9.17, 15) is 9.90 Å². The fourth-order valence-electron chi connectivity index (χ4n) is 7.97. The van der Waals surface area contributed by atoms with Gasteiger partial charge in [-0.1, -0.05) is 86.5 Å². The van der Waals surface area contributed by atoms with Gasteiger partial charge < -0.3 is 15.3 Å². The highest BCUT2D eigenvalue weighted by Crippen LogP contribution is 2.54. The molecule has 2 aliphatic carbocycles. The number of nitrogens with zero attached hydrogens (tertiary/aromatic N) is 1. The van der Waals surface area contributed by atoms with Crippen molar-refractivity contribution in [1.82, 2.24) is 10.2 Å². The molecule has 1 heterocycles. The number of nitrogens with one attached hydrogen (secondary N) is 1. The van der Waals surface area contributed by atoms with E-state index in [0.717, 1.165) is 43.0 Å². The Kier molecular flexibility index (Phi) is 8.77. The molecule has 212 valence electrons. The lowest BCUT2D eigenvalue weighted by Gasteiger charge is -2.56. The molecule has 3 atom stereocenters. The smallest absolute Gasteiger partial charge is 0.147 e. The van der Waals surface area contributed by atoms with E-state index in [2.05, 4.69) is 60.7 Å². The van der Waals surface area contributed by atoms with E-state index in [-0.39, 0.29) is 5.78 Å². The second kappa shape index (κ2) is 12.3. The first kappa shape index (κ1) is 28.6. The first-order valence-electron chi connectivity index (χ1n) is 15.3. The van der Waals surface area contributed by atoms with Crippen LogP contribution in [0, 0.1) is 5.92 Å². The van der Waals surface area contributed by atoms with Crippen LogP contribution in [0.1, 0.15) is 74.1 Å². The zero-order valence-electron chi connectivity index (χ0n) is 24.5. The molecule has 2 bridgehead atoms. The quantitative estimate of drug-likeness (QED) is 0.354. The summed E-state index contributed by atoms with van der Waals surface area (Å²) in [5, 5.41) is 13.6. The SMILES string of the molecule is CCC(=O)C(CCN(C)C)(c1ccccc1)c1ccccc1.Oc1ccc2c(c1)[C@@]13CCCC[C@H]1[C@@H](C2)NCC3. The van der Waals surface area contributed by atoms with Crippen LogP contribution in [0.4, 0.5) is 0 Å². The topological polar surface area (TPSA) is 52.6 Å². The molecule has 3 aromatic carbocycles. The standard InChI is InChI=1S/C20H25NO.C16H21NO/c1-4-19(22)20(15-16-21(2)3,17-11-7-5-8-12-17)18-13-9-6-10-14-18;18-12-5-4-11-9-15-13-3-1-2-6-16(13,7-8-17-15)14(11)10-12/h5-14H,4,15-16H2,1-3H3;4-5,10,13,15,17-18H,1-3,6-9H2/t;13-,15+,16+/m.0/s1. The van der Waals surface area contributed by atoms with Crippen molar-refractivity contribution in [3.05, 3.63) is 101 Å². The summed E-state index contributed by atoms with van der Waals surface area (Å²) >= 11 is 0. The van der Waals surface area contributed by atoms with Crippen LogP contribution in [0.25, 0.3) is 0 Å². The monoisotopic (exact) mass is 538 g/mol. The van der Waals surface area contributed by atoms with Crippen molar-refractivity contribution in [2.75, 3.05) is 27.2 Å². The molecule has 0 amide bonds. The van der Waals surface area contributed by atoms with Crippen molar-refractivity contribution in [1.29, 1.82) is 0 Å². The number of phenolic OH excluding ortho intramolecular Hbond substituents is 1. The van der Waals surface area contributed by atoms with Crippen molar-refractivity contribution < 1.29 is 9.90 Å². The Hall–Kier alpha value is -2.95. The van der Waals surface area contributed by atoms with Crippen LogP contribution >= 0.6 is 0 Å². The number of rotatable bonds is 7. The summed E-state index contributed by atoms with van der Waals surface area (Å²) in [5.74, 6) is 1.53. The van der Waals surface area contributed by atoms with Crippen LogP contribution in [0.3, 0.4) is 0 Å². The van der Waals surface area contributed by atoms with Gasteiger partial charge in [0.2, 0.25) is 0 Å². The largest absolute Gasteiger partial charge is 0.508 e. The van der Waals surface area contributed by atoms with Gasteiger partial charge in [0.15, 0.2) is 0 Å². The third-order valence-electron chi connectivity index (χ3n) is 9.90. The number of phenols is 1. The second-order valence-corrected chi connectivity index (χ2v) is 12.3. The minimum absolute atomic E-state index is 0.284. The van der Waals surface area contributed by atoms with Crippen LogP contribution in [0.5, 0.6) is 5.75 Å². The molecule has 2 fully saturated rings. The van der Waals surface area contributed by atoms with E-state index < -0.39 is 5.41 Å². The lowest BCUT2D eigenvalue weighted by Crippen LogP contribution is -2.59. The van der Waals surface area contributed by atoms with Crippen molar-refractivity contribution in [3.63, 3.8) is 0 Å². The molecule has 0 radical (unpaired) electrons. The Morgan fingerprint density at radius 1 is 0.975 bits per heavy atom. The molecule has 0 spiro atoms. The lowest BCUT2D eigenvalue weighted by atomic mass is 9.53. The van der Waals surface area contributed by atoms with Crippen LogP contribution < -0.4 is 5.32 Å². The third kappa shape index (κ3) is 5.36. The maximum absolute atomic E-state index is 13.0. The summed E-state index contributed by atoms with van der Waals surface area (Å²) in [7, 11) is 4.11. The molecule has 3 aromatic rings. The van der Waals surface area contributed by atoms with E-state index in [4.69, 9.17) is 0 Å². The number of aromatic hydroxyl groups is 1. The second-order valence-electron chi connectivity index (χ2n) is 12.3. The van der Waals surface area contributed by atoms with Gasteiger partial charge in [0.25, 0.3) is 0 Å². The average molecular weight is 539 g/mol. The summed E-state index contributed by atoms with van der Waals surface area (Å²) in [4.78, 5) is 15.2. The zero-order valence-corrected chi connectivity index (χ0v) is 24.5. The number of Topliss-reactive ketones (excluding diaryl/α,β-unsaturated/α-hetero) is 1. The van der Waals surface area contributed by atoms with Gasteiger partial charge in [0.1, 0.15) is 11.5 Å². The molecule has 0 unspecified atom stereocenters. The highest BCUT2D eigenvalue weighted by molar-refractivity contribution is 5.93. The van der Waals surface area contributed by atoms with Crippen molar-refractivity contribution >= 4 is 5.78 Å². The van der Waals surface area contributed by atoms with Gasteiger partial charge >= 0.3 is 0 Å². The number of carbonyl (C=O) groups excluding carboxylic acids is 1. The molecule has 0 aromatic heterocycles. The number of piperidine rings is 1. The molecular weight excluding hydrogens is 492 g/mol. The summed E-state index contributed by atoms with van der Waals surface area (Å²) < 4.78 is 0. The van der Waals surface area contributed by atoms with Crippen molar-refractivity contribution in [2.24, 2.45) is 5.92 Å². The summed E-state index contributed by atoms with van der Waals surface area (Å²) in [5.41, 5.74) is 4.96. The molecule has 6 rings (SSSR count). The van der Waals surface area contributed by atoms with Crippen LogP contribution in [-0.4, -0.2) is 49.0 Å². The van der Waals surface area contributed by atoms with Gasteiger partial charge in [-0.15, -0.1) is 0 Å². The maximum atomic E-state index is 13.0. The Morgan fingerprint density at radius 2 is 1.65 bits per heavy atom. The van der Waals surface area contributed by atoms with E-state index in [1.807, 2.05) is 49.4 Å². The highest BCUT2D eigenvalue weighted by Gasteiger charge is 2.51. The first-order valence-corrected chi connectivity index (χ1v) is 15.3. The van der Waals surface area contributed by atoms with E-state index in [1.165, 1.54) is 43.2 Å². The number of carbonyl (C=O) groups is 1. The number of ketones is 1. The van der Waals surface area contributed by atoms with Gasteiger partial charge in [0, 0.05) is 17.9 Å². The molecule has 3 aliphatic rings. The molecule has 2 N–H and O–H groups in total. The third-order valence-corrected chi connectivity index (χ3v) is 9.90. The first-order chi connectivity index (χ1) is 19.4. The van der Waals surface area contributed by atoms with E-state index >= 15 is 0 Å². The predicted molar refractivity (Wildman–Crippen MR) is 164 cm³/mol. The predicted octanol–water partition coefficient (Wildman–Crippen LogP) is 6.64. The zero-order chi connectivity index (χ0) is 28.2. The van der Waals surface area contributed by atoms with E-state index in [0.29, 0.717) is 23.6 Å². The van der Waals surface area contributed by atoms with Crippen LogP contribution in [0.2, 0.25) is 0 Å². The van der Waals surface area contributed by atoms with Crippen LogP contribution in [-0.2, 0) is 22.0 Å². The Labute approximate surface area is 240 Å². The Balaban J connectivity index is 0.000000164. The van der Waals surface area contributed by atoms with E-state index in [1.54, 1.807) is 0 Å². The molecule has 1 aliphatic heterocycles. The Bertz CT molecular complexity index is 1230. The fourth-order valence-corrected chi connectivity index (χ4v) is 7.97. The average Bonchev–Trinajstić information content (AvgIpc) is 2.99. The normalized spacial score (nSPS) is 23.4. The number of hydrogen-bond donors (Lipinski definition) is 2. The summed E-state index contributed by atoms with van der Waals surface area (Å²) in [6, 6.07) is 27.1. The van der Waals surface area contributed by atoms with Gasteiger partial charge in [-0.05, 0) is 99.6 Å². The molecule has 4 heteroatoms. The van der Waals surface area contributed by atoms with Crippen LogP contribution in [0.15, 0.2) is 78.9 Å². The Morgan fingerprint density at radius 3 is 2.27 bits per heavy atom. The fraction of sp³-hybridized carbons (Fsp3) is 0.472. The molecule has 1 saturated heterocycles. The number of fused-ring (bicyclic) bond motifs is 1. The molecule has 1 saturated carbocycles. The number of hydrogen-bond acceptors (Lipinski definition) is 4. The van der Waals surface area contributed by atoms with Crippen molar-refractivity contribution in [3.8, 4) is 5.75 Å². The van der Waals surface area contributed by atoms with Gasteiger partial charge in [-0.3, -0.25) is 4.79 Å². The van der Waals surface area contributed by atoms with Crippen molar-refractivity contribution in [2.45, 2.75) is 75.2 Å². The minimum atomic E-state index is -0.554. The number of benzene rings is 3. The van der Waals surface area contributed by atoms with Gasteiger partial charge in [-0.2, -0.15) is 0 Å². The van der Waals surface area contributed by atoms with Gasteiger partial charge in [0.05, 0.1) is 5.41 Å². The minimum Gasteiger partial charge on any atom is -0.508 e. The molecule has 4 nitrogen and oxygen atoms in total. The molecular formula is C36H46N2O2. The van der Waals surface area contributed by atoms with Gasteiger partial charge in [-0.25, -0.2) is 0 Å². The maximum Gasteiger partial charge on any atom is 0.147 e. The lowest BCUT2D eigenvalue weighted by molar-refractivity contribution is -0.123. The summed E-state index contributed by atoms with van der Waals surface area (Å²) in [6.07, 6.45) is 9.18.